The van der Waals surface area contributed by atoms with E-state index in [9.17, 15) is 4.79 Å². The molecule has 0 bridgehead atoms. The minimum absolute atomic E-state index is 0.455. The summed E-state index contributed by atoms with van der Waals surface area (Å²) in [6, 6.07) is 8.90. The van der Waals surface area contributed by atoms with Gasteiger partial charge in [-0.05, 0) is 60.5 Å². The lowest BCUT2D eigenvalue weighted by molar-refractivity contribution is -0.107. The highest BCUT2D eigenvalue weighted by molar-refractivity contribution is 5.50. The van der Waals surface area contributed by atoms with Crippen molar-refractivity contribution in [1.29, 1.82) is 0 Å². The summed E-state index contributed by atoms with van der Waals surface area (Å²) in [7, 11) is 0. The largest absolute Gasteiger partial charge is 0.303 e. The van der Waals surface area contributed by atoms with Gasteiger partial charge in [-0.1, -0.05) is 45.0 Å². The van der Waals surface area contributed by atoms with E-state index in [1.165, 1.54) is 36.8 Å². The molecule has 1 aliphatic rings. The van der Waals surface area contributed by atoms with E-state index in [4.69, 9.17) is 0 Å². The number of hydrogen-bond acceptors (Lipinski definition) is 1. The summed E-state index contributed by atoms with van der Waals surface area (Å²) >= 11 is 0. The van der Waals surface area contributed by atoms with E-state index in [0.717, 1.165) is 24.5 Å². The minimum Gasteiger partial charge on any atom is -0.303 e. The second-order valence-corrected chi connectivity index (χ2v) is 7.36. The molecule has 0 unspecified atom stereocenters. The SMILES string of the molecule is CC(C)(C)C1CCC(c2cccc(CCC=O)c2)CC1. The molecule has 0 spiro atoms. The molecule has 1 nitrogen and oxygen atoms in total. The molecule has 0 amide bonds. The van der Waals surface area contributed by atoms with Crippen LogP contribution in [0.25, 0.3) is 0 Å². The highest BCUT2D eigenvalue weighted by Crippen LogP contribution is 2.43. The normalized spacial score (nSPS) is 23.6. The first-order valence-electron chi connectivity index (χ1n) is 8.03. The van der Waals surface area contributed by atoms with Gasteiger partial charge in [0.2, 0.25) is 0 Å². The molecule has 20 heavy (non-hydrogen) atoms. The standard InChI is InChI=1S/C19H28O/c1-19(2,3)18-11-9-16(10-12-18)17-8-4-6-15(14-17)7-5-13-20/h4,6,8,13-14,16,18H,5,7,9-12H2,1-3H3. The van der Waals surface area contributed by atoms with Gasteiger partial charge in [0.15, 0.2) is 0 Å². The molecule has 0 aliphatic heterocycles. The van der Waals surface area contributed by atoms with Crippen molar-refractivity contribution in [2.24, 2.45) is 11.3 Å². The molecule has 0 radical (unpaired) electrons. The predicted octanol–water partition coefficient (Wildman–Crippen LogP) is 5.14. The summed E-state index contributed by atoms with van der Waals surface area (Å²) < 4.78 is 0. The first-order chi connectivity index (χ1) is 9.50. The quantitative estimate of drug-likeness (QED) is 0.694. The Hall–Kier alpha value is -1.11. The van der Waals surface area contributed by atoms with E-state index >= 15 is 0 Å². The Morgan fingerprint density at radius 3 is 2.45 bits per heavy atom. The molecule has 0 N–H and O–H groups in total. The van der Waals surface area contributed by atoms with E-state index in [1.54, 1.807) is 0 Å². The topological polar surface area (TPSA) is 17.1 Å². The van der Waals surface area contributed by atoms with Crippen LogP contribution >= 0.6 is 0 Å². The number of aryl methyl sites for hydroxylation is 1. The smallest absolute Gasteiger partial charge is 0.120 e. The monoisotopic (exact) mass is 272 g/mol. The van der Waals surface area contributed by atoms with Crippen LogP contribution in [0.5, 0.6) is 0 Å². The van der Waals surface area contributed by atoms with Crippen LogP contribution in [0, 0.1) is 11.3 Å². The van der Waals surface area contributed by atoms with Crippen LogP contribution in [0.15, 0.2) is 24.3 Å². The number of aldehydes is 1. The highest BCUT2D eigenvalue weighted by Gasteiger charge is 2.30. The number of carbonyl (C=O) groups excluding carboxylic acids is 1. The van der Waals surface area contributed by atoms with E-state index < -0.39 is 0 Å². The fourth-order valence-electron chi connectivity index (χ4n) is 3.52. The molecule has 1 aliphatic carbocycles. The summed E-state index contributed by atoms with van der Waals surface area (Å²) in [5.41, 5.74) is 3.25. The summed E-state index contributed by atoms with van der Waals surface area (Å²) in [4.78, 5) is 10.5. The number of benzene rings is 1. The molecule has 0 atom stereocenters. The molecule has 1 saturated carbocycles. The van der Waals surface area contributed by atoms with Crippen LogP contribution in [0.1, 0.15) is 69.9 Å². The Morgan fingerprint density at radius 1 is 1.15 bits per heavy atom. The molecular weight excluding hydrogens is 244 g/mol. The molecule has 1 aromatic rings. The van der Waals surface area contributed by atoms with Crippen molar-refractivity contribution in [2.45, 2.75) is 65.2 Å². The number of carbonyl (C=O) groups is 1. The molecule has 1 fully saturated rings. The summed E-state index contributed by atoms with van der Waals surface area (Å²) in [5.74, 6) is 1.60. The molecule has 110 valence electrons. The third-order valence-corrected chi connectivity index (χ3v) is 4.93. The summed E-state index contributed by atoms with van der Waals surface area (Å²) in [6.45, 7) is 7.12. The molecular formula is C19H28O. The van der Waals surface area contributed by atoms with Gasteiger partial charge in [0.1, 0.15) is 6.29 Å². The van der Waals surface area contributed by atoms with Gasteiger partial charge in [0.25, 0.3) is 0 Å². The Balaban J connectivity index is 1.98. The van der Waals surface area contributed by atoms with Gasteiger partial charge in [-0.2, -0.15) is 0 Å². The summed E-state index contributed by atoms with van der Waals surface area (Å²) in [5, 5.41) is 0. The molecule has 0 saturated heterocycles. The Kier molecular flexibility index (Phi) is 5.01. The third kappa shape index (κ3) is 3.94. The van der Waals surface area contributed by atoms with Crippen LogP contribution < -0.4 is 0 Å². The van der Waals surface area contributed by atoms with Gasteiger partial charge >= 0.3 is 0 Å². The third-order valence-electron chi connectivity index (χ3n) is 4.93. The van der Waals surface area contributed by atoms with E-state index in [2.05, 4.69) is 45.0 Å². The van der Waals surface area contributed by atoms with Gasteiger partial charge in [-0.15, -0.1) is 0 Å². The van der Waals surface area contributed by atoms with Crippen LogP contribution in [-0.4, -0.2) is 6.29 Å². The van der Waals surface area contributed by atoms with Gasteiger partial charge in [0.05, 0.1) is 0 Å². The van der Waals surface area contributed by atoms with Crippen molar-refractivity contribution in [3.63, 3.8) is 0 Å². The van der Waals surface area contributed by atoms with Crippen molar-refractivity contribution in [3.05, 3.63) is 35.4 Å². The average molecular weight is 272 g/mol. The minimum atomic E-state index is 0.455. The van der Waals surface area contributed by atoms with Crippen molar-refractivity contribution in [1.82, 2.24) is 0 Å². The Morgan fingerprint density at radius 2 is 1.85 bits per heavy atom. The zero-order valence-electron chi connectivity index (χ0n) is 13.2. The first-order valence-corrected chi connectivity index (χ1v) is 8.03. The molecule has 1 heteroatoms. The lowest BCUT2D eigenvalue weighted by Crippen LogP contribution is -2.25. The lowest BCUT2D eigenvalue weighted by Gasteiger charge is -2.37. The highest BCUT2D eigenvalue weighted by atomic mass is 16.1. The summed E-state index contributed by atoms with van der Waals surface area (Å²) in [6.07, 6.45) is 7.88. The fraction of sp³-hybridized carbons (Fsp3) is 0.632. The van der Waals surface area contributed by atoms with Crippen LogP contribution in [0.4, 0.5) is 0 Å². The van der Waals surface area contributed by atoms with Crippen LogP contribution in [0.3, 0.4) is 0 Å². The Labute approximate surface area is 123 Å². The predicted molar refractivity (Wildman–Crippen MR) is 85.0 cm³/mol. The van der Waals surface area contributed by atoms with E-state index in [-0.39, 0.29) is 0 Å². The van der Waals surface area contributed by atoms with Gasteiger partial charge in [-0.25, -0.2) is 0 Å². The number of rotatable bonds is 4. The molecule has 0 heterocycles. The maximum atomic E-state index is 10.5. The van der Waals surface area contributed by atoms with Crippen molar-refractivity contribution < 1.29 is 4.79 Å². The van der Waals surface area contributed by atoms with Crippen molar-refractivity contribution >= 4 is 6.29 Å². The lowest BCUT2D eigenvalue weighted by atomic mass is 9.68. The second kappa shape index (κ2) is 6.56. The second-order valence-electron chi connectivity index (χ2n) is 7.36. The van der Waals surface area contributed by atoms with Gasteiger partial charge < -0.3 is 4.79 Å². The van der Waals surface area contributed by atoms with Gasteiger partial charge in [-0.3, -0.25) is 0 Å². The van der Waals surface area contributed by atoms with Crippen LogP contribution in [0.2, 0.25) is 0 Å². The van der Waals surface area contributed by atoms with E-state index in [0.29, 0.717) is 11.8 Å². The zero-order chi connectivity index (χ0) is 14.6. The van der Waals surface area contributed by atoms with Gasteiger partial charge in [0, 0.05) is 6.42 Å². The average Bonchev–Trinajstić information content (AvgIpc) is 2.45. The van der Waals surface area contributed by atoms with Crippen molar-refractivity contribution in [2.75, 3.05) is 0 Å². The first kappa shape index (κ1) is 15.3. The van der Waals surface area contributed by atoms with Crippen molar-refractivity contribution in [3.8, 4) is 0 Å². The number of hydrogen-bond donors (Lipinski definition) is 0. The van der Waals surface area contributed by atoms with Crippen LogP contribution in [-0.2, 0) is 11.2 Å². The molecule has 0 aromatic heterocycles. The maximum Gasteiger partial charge on any atom is 0.120 e. The Bertz CT molecular complexity index is 433. The maximum absolute atomic E-state index is 10.5. The fourth-order valence-corrected chi connectivity index (χ4v) is 3.52. The molecule has 1 aromatic carbocycles. The van der Waals surface area contributed by atoms with E-state index in [1.807, 2.05) is 0 Å². The zero-order valence-corrected chi connectivity index (χ0v) is 13.2. The molecule has 2 rings (SSSR count).